The average Bonchev–Trinajstić information content (AvgIpc) is 3.10. The van der Waals surface area contributed by atoms with Crippen molar-refractivity contribution in [2.24, 2.45) is 5.73 Å². The molecule has 0 saturated heterocycles. The van der Waals surface area contributed by atoms with E-state index >= 15 is 0 Å². The van der Waals surface area contributed by atoms with Gasteiger partial charge in [0.1, 0.15) is 11.5 Å². The third-order valence-electron chi connectivity index (χ3n) is 4.44. The van der Waals surface area contributed by atoms with E-state index in [0.29, 0.717) is 30.0 Å². The van der Waals surface area contributed by atoms with Crippen molar-refractivity contribution in [1.82, 2.24) is 20.1 Å². The van der Waals surface area contributed by atoms with Crippen molar-refractivity contribution in [3.63, 3.8) is 0 Å². The first kappa shape index (κ1) is 19.6. The van der Waals surface area contributed by atoms with Gasteiger partial charge in [-0.05, 0) is 31.5 Å². The molecule has 0 aliphatic heterocycles. The second kappa shape index (κ2) is 8.71. The number of carbonyl (C=O) groups excluding carboxylic acids is 1. The fourth-order valence-corrected chi connectivity index (χ4v) is 2.87. The lowest BCUT2D eigenvalue weighted by molar-refractivity contribution is 0.0952. The third kappa shape index (κ3) is 4.40. The summed E-state index contributed by atoms with van der Waals surface area (Å²) in [6.45, 7) is 2.93. The summed E-state index contributed by atoms with van der Waals surface area (Å²) in [5.74, 6) is 1.27. The van der Waals surface area contributed by atoms with Crippen LogP contribution < -0.4 is 20.5 Å². The van der Waals surface area contributed by atoms with E-state index in [1.54, 1.807) is 37.4 Å². The minimum absolute atomic E-state index is 0.0501. The van der Waals surface area contributed by atoms with E-state index in [-0.39, 0.29) is 11.9 Å². The highest BCUT2D eigenvalue weighted by Crippen LogP contribution is 2.26. The number of benzene rings is 1. The SMILES string of the molecule is COc1ccc(Cn2ncc3cc(C(=O)NCCC(C)N)cnc32)c(OC)c1. The maximum Gasteiger partial charge on any atom is 0.252 e. The molecule has 1 atom stereocenters. The van der Waals surface area contributed by atoms with Crippen LogP contribution in [-0.2, 0) is 6.54 Å². The number of carbonyl (C=O) groups is 1. The molecule has 2 aromatic heterocycles. The molecule has 1 unspecified atom stereocenters. The standard InChI is InChI=1S/C20H25N5O3/c1-13(21)6-7-22-20(26)16-8-15-11-24-25(19(15)23-10-16)12-14-4-5-17(27-2)9-18(14)28-3/h4-5,8-11,13H,6-7,12,21H2,1-3H3,(H,22,26). The minimum Gasteiger partial charge on any atom is -0.497 e. The molecule has 1 amide bonds. The van der Waals surface area contributed by atoms with E-state index in [2.05, 4.69) is 15.4 Å². The molecule has 8 nitrogen and oxygen atoms in total. The molecule has 3 N–H and O–H groups in total. The lowest BCUT2D eigenvalue weighted by Crippen LogP contribution is -2.29. The van der Waals surface area contributed by atoms with Crippen LogP contribution in [-0.4, -0.2) is 47.5 Å². The Balaban J connectivity index is 1.79. The van der Waals surface area contributed by atoms with Gasteiger partial charge in [-0.2, -0.15) is 5.10 Å². The van der Waals surface area contributed by atoms with Crippen LogP contribution in [0.15, 0.2) is 36.7 Å². The highest BCUT2D eigenvalue weighted by Gasteiger charge is 2.12. The highest BCUT2D eigenvalue weighted by molar-refractivity contribution is 5.96. The van der Waals surface area contributed by atoms with E-state index in [4.69, 9.17) is 15.2 Å². The molecule has 8 heteroatoms. The number of fused-ring (bicyclic) bond motifs is 1. The van der Waals surface area contributed by atoms with Gasteiger partial charge in [0, 0.05) is 35.8 Å². The highest BCUT2D eigenvalue weighted by atomic mass is 16.5. The van der Waals surface area contributed by atoms with Crippen molar-refractivity contribution in [2.45, 2.75) is 25.9 Å². The van der Waals surface area contributed by atoms with Crippen molar-refractivity contribution in [1.29, 1.82) is 0 Å². The second-order valence-corrected chi connectivity index (χ2v) is 6.64. The summed E-state index contributed by atoms with van der Waals surface area (Å²) < 4.78 is 12.5. The van der Waals surface area contributed by atoms with Gasteiger partial charge < -0.3 is 20.5 Å². The Kier molecular flexibility index (Phi) is 6.10. The molecule has 0 bridgehead atoms. The van der Waals surface area contributed by atoms with Gasteiger partial charge in [0.05, 0.1) is 32.5 Å². The average molecular weight is 383 g/mol. The van der Waals surface area contributed by atoms with Gasteiger partial charge in [-0.3, -0.25) is 4.79 Å². The molecular weight excluding hydrogens is 358 g/mol. The number of nitrogens with zero attached hydrogens (tertiary/aromatic N) is 3. The number of hydrogen-bond acceptors (Lipinski definition) is 6. The predicted octanol–water partition coefficient (Wildman–Crippen LogP) is 1.96. The number of nitrogens with two attached hydrogens (primary N) is 1. The number of ether oxygens (including phenoxy) is 2. The summed E-state index contributed by atoms with van der Waals surface area (Å²) >= 11 is 0. The number of amides is 1. The fourth-order valence-electron chi connectivity index (χ4n) is 2.87. The molecule has 3 aromatic rings. The Morgan fingerprint density at radius 2 is 2.07 bits per heavy atom. The number of hydrogen-bond donors (Lipinski definition) is 2. The van der Waals surface area contributed by atoms with Gasteiger partial charge in [0.25, 0.3) is 5.91 Å². The van der Waals surface area contributed by atoms with Crippen molar-refractivity contribution in [3.05, 3.63) is 47.8 Å². The summed E-state index contributed by atoms with van der Waals surface area (Å²) in [6, 6.07) is 7.49. The van der Waals surface area contributed by atoms with E-state index < -0.39 is 0 Å². The van der Waals surface area contributed by atoms with Gasteiger partial charge in [0.2, 0.25) is 0 Å². The van der Waals surface area contributed by atoms with Crippen molar-refractivity contribution >= 4 is 16.9 Å². The van der Waals surface area contributed by atoms with E-state index in [1.807, 2.05) is 25.1 Å². The first-order valence-electron chi connectivity index (χ1n) is 9.08. The molecule has 148 valence electrons. The molecule has 28 heavy (non-hydrogen) atoms. The number of nitrogens with one attached hydrogen (secondary N) is 1. The summed E-state index contributed by atoms with van der Waals surface area (Å²) in [5.41, 5.74) is 7.85. The Morgan fingerprint density at radius 3 is 2.79 bits per heavy atom. The molecule has 0 spiro atoms. The molecule has 2 heterocycles. The molecule has 0 aliphatic carbocycles. The van der Waals surface area contributed by atoms with E-state index in [0.717, 1.165) is 23.1 Å². The van der Waals surface area contributed by atoms with Gasteiger partial charge in [-0.15, -0.1) is 0 Å². The van der Waals surface area contributed by atoms with Crippen molar-refractivity contribution in [3.8, 4) is 11.5 Å². The minimum atomic E-state index is -0.167. The number of pyridine rings is 1. The van der Waals surface area contributed by atoms with Gasteiger partial charge in [0.15, 0.2) is 5.65 Å². The van der Waals surface area contributed by atoms with Crippen LogP contribution in [0.5, 0.6) is 11.5 Å². The number of aromatic nitrogens is 3. The Labute approximate surface area is 163 Å². The normalized spacial score (nSPS) is 12.0. The fraction of sp³-hybridized carbons (Fsp3) is 0.350. The zero-order valence-corrected chi connectivity index (χ0v) is 16.3. The van der Waals surface area contributed by atoms with Gasteiger partial charge in [-0.1, -0.05) is 0 Å². The number of rotatable bonds is 8. The lowest BCUT2D eigenvalue weighted by Gasteiger charge is -2.11. The predicted molar refractivity (Wildman–Crippen MR) is 107 cm³/mol. The molecule has 3 rings (SSSR count). The van der Waals surface area contributed by atoms with E-state index in [9.17, 15) is 4.79 Å². The van der Waals surface area contributed by atoms with Crippen LogP contribution in [0.3, 0.4) is 0 Å². The summed E-state index contributed by atoms with van der Waals surface area (Å²) in [7, 11) is 3.23. The Bertz CT molecular complexity index is 968. The zero-order chi connectivity index (χ0) is 20.1. The summed E-state index contributed by atoms with van der Waals surface area (Å²) in [4.78, 5) is 16.7. The van der Waals surface area contributed by atoms with Crippen LogP contribution in [0.4, 0.5) is 0 Å². The van der Waals surface area contributed by atoms with Crippen LogP contribution in [0.2, 0.25) is 0 Å². The Hall–Kier alpha value is -3.13. The summed E-state index contributed by atoms with van der Waals surface area (Å²) in [5, 5.41) is 8.06. The summed E-state index contributed by atoms with van der Waals surface area (Å²) in [6.07, 6.45) is 3.99. The second-order valence-electron chi connectivity index (χ2n) is 6.64. The van der Waals surface area contributed by atoms with E-state index in [1.165, 1.54) is 0 Å². The van der Waals surface area contributed by atoms with Crippen LogP contribution in [0.25, 0.3) is 11.0 Å². The van der Waals surface area contributed by atoms with Gasteiger partial charge >= 0.3 is 0 Å². The molecular formula is C20H25N5O3. The number of methoxy groups -OCH3 is 2. The van der Waals surface area contributed by atoms with Gasteiger partial charge in [-0.25, -0.2) is 9.67 Å². The molecule has 0 radical (unpaired) electrons. The van der Waals surface area contributed by atoms with Crippen LogP contribution in [0.1, 0.15) is 29.3 Å². The Morgan fingerprint density at radius 1 is 1.25 bits per heavy atom. The first-order chi connectivity index (χ1) is 13.5. The lowest BCUT2D eigenvalue weighted by atomic mass is 10.2. The van der Waals surface area contributed by atoms with Crippen molar-refractivity contribution in [2.75, 3.05) is 20.8 Å². The first-order valence-corrected chi connectivity index (χ1v) is 9.08. The maximum atomic E-state index is 12.3. The monoisotopic (exact) mass is 383 g/mol. The van der Waals surface area contributed by atoms with Crippen LogP contribution >= 0.6 is 0 Å². The van der Waals surface area contributed by atoms with Crippen LogP contribution in [0, 0.1) is 0 Å². The smallest absolute Gasteiger partial charge is 0.252 e. The maximum absolute atomic E-state index is 12.3. The molecule has 0 fully saturated rings. The van der Waals surface area contributed by atoms with Crippen molar-refractivity contribution < 1.29 is 14.3 Å². The zero-order valence-electron chi connectivity index (χ0n) is 16.3. The molecule has 0 aliphatic rings. The quantitative estimate of drug-likeness (QED) is 0.616. The topological polar surface area (TPSA) is 104 Å². The third-order valence-corrected chi connectivity index (χ3v) is 4.44. The molecule has 0 saturated carbocycles. The molecule has 1 aromatic carbocycles. The largest absolute Gasteiger partial charge is 0.497 e.